The second-order valence-corrected chi connectivity index (χ2v) is 6.14. The molecule has 0 saturated carbocycles. The lowest BCUT2D eigenvalue weighted by Gasteiger charge is -2.09. The molecule has 2 rings (SSSR count). The van der Waals surface area contributed by atoms with Crippen LogP contribution in [0.4, 0.5) is 0 Å². The number of fused-ring (bicyclic) bond motifs is 1. The molecule has 0 spiro atoms. The fourth-order valence-electron chi connectivity index (χ4n) is 2.55. The van der Waals surface area contributed by atoms with Crippen LogP contribution in [-0.4, -0.2) is 23.3 Å². The molecular weight excluding hydrogens is 284 g/mol. The highest BCUT2D eigenvalue weighted by atomic mass is 32.2. The normalized spacial score (nSPS) is 14.9. The van der Waals surface area contributed by atoms with Gasteiger partial charge in [0.2, 0.25) is 0 Å². The minimum atomic E-state index is -0.538. The number of thioether (sulfide) groups is 1. The fraction of sp³-hybridized carbons (Fsp3) is 0.500. The van der Waals surface area contributed by atoms with Gasteiger partial charge in [-0.25, -0.2) is 4.79 Å². The van der Waals surface area contributed by atoms with E-state index in [4.69, 9.17) is 4.74 Å². The zero-order valence-electron chi connectivity index (χ0n) is 12.5. The molecule has 1 heterocycles. The SMILES string of the molecule is CCOC(=O)/C(C#N)=C(/SCC)c1cc2c([nH]1)CCCC2. The van der Waals surface area contributed by atoms with Gasteiger partial charge in [-0.05, 0) is 50.0 Å². The molecular formula is C16H20N2O2S. The summed E-state index contributed by atoms with van der Waals surface area (Å²) < 4.78 is 5.00. The van der Waals surface area contributed by atoms with E-state index >= 15 is 0 Å². The number of aryl methyl sites for hydroxylation is 2. The number of H-pyrrole nitrogens is 1. The van der Waals surface area contributed by atoms with Crippen LogP contribution in [0.1, 0.15) is 43.6 Å². The van der Waals surface area contributed by atoms with Gasteiger partial charge in [0, 0.05) is 5.69 Å². The Kier molecular flexibility index (Phi) is 5.51. The summed E-state index contributed by atoms with van der Waals surface area (Å²) in [6.07, 6.45) is 4.50. The number of carbonyl (C=O) groups excluding carboxylic acids is 1. The maximum Gasteiger partial charge on any atom is 0.350 e. The topological polar surface area (TPSA) is 65.9 Å². The zero-order chi connectivity index (χ0) is 15.2. The fourth-order valence-corrected chi connectivity index (χ4v) is 3.37. The molecule has 0 aliphatic heterocycles. The van der Waals surface area contributed by atoms with Gasteiger partial charge in [-0.3, -0.25) is 0 Å². The molecule has 0 radical (unpaired) electrons. The Bertz CT molecular complexity index is 572. The smallest absolute Gasteiger partial charge is 0.350 e. The molecule has 1 aliphatic carbocycles. The maximum absolute atomic E-state index is 12.0. The molecule has 0 unspecified atom stereocenters. The first-order chi connectivity index (χ1) is 10.2. The van der Waals surface area contributed by atoms with Crippen LogP contribution in [0.5, 0.6) is 0 Å². The summed E-state index contributed by atoms with van der Waals surface area (Å²) in [5, 5.41) is 9.35. The third kappa shape index (κ3) is 3.51. The summed E-state index contributed by atoms with van der Waals surface area (Å²) in [7, 11) is 0. The van der Waals surface area contributed by atoms with Crippen LogP contribution in [0.15, 0.2) is 11.6 Å². The number of nitrogens with zero attached hydrogens (tertiary/aromatic N) is 1. The molecule has 112 valence electrons. The minimum Gasteiger partial charge on any atom is -0.462 e. The molecule has 0 atom stereocenters. The van der Waals surface area contributed by atoms with E-state index in [2.05, 4.69) is 11.1 Å². The first-order valence-electron chi connectivity index (χ1n) is 7.36. The Balaban J connectivity index is 2.44. The average molecular weight is 304 g/mol. The highest BCUT2D eigenvalue weighted by molar-refractivity contribution is 8.08. The number of hydrogen-bond donors (Lipinski definition) is 1. The van der Waals surface area contributed by atoms with Crippen LogP contribution in [0, 0.1) is 11.3 Å². The van der Waals surface area contributed by atoms with Crippen LogP contribution in [-0.2, 0) is 22.4 Å². The van der Waals surface area contributed by atoms with E-state index in [1.807, 2.05) is 13.0 Å². The number of aromatic amines is 1. The number of esters is 1. The first kappa shape index (κ1) is 15.7. The Morgan fingerprint density at radius 3 is 2.81 bits per heavy atom. The Morgan fingerprint density at radius 2 is 2.19 bits per heavy atom. The predicted molar refractivity (Wildman–Crippen MR) is 84.7 cm³/mol. The lowest BCUT2D eigenvalue weighted by atomic mass is 9.98. The Labute approximate surface area is 129 Å². The summed E-state index contributed by atoms with van der Waals surface area (Å²) in [6.45, 7) is 4.02. The molecule has 5 heteroatoms. The summed E-state index contributed by atoms with van der Waals surface area (Å²) in [5.41, 5.74) is 3.53. The molecule has 1 N–H and O–H groups in total. The highest BCUT2D eigenvalue weighted by Crippen LogP contribution is 2.33. The molecule has 0 amide bonds. The molecule has 0 aromatic carbocycles. The number of nitrogens with one attached hydrogen (secondary N) is 1. The largest absolute Gasteiger partial charge is 0.462 e. The van der Waals surface area contributed by atoms with E-state index in [9.17, 15) is 10.1 Å². The van der Waals surface area contributed by atoms with Gasteiger partial charge in [-0.15, -0.1) is 11.8 Å². The van der Waals surface area contributed by atoms with Crippen molar-refractivity contribution in [3.05, 3.63) is 28.6 Å². The summed E-state index contributed by atoms with van der Waals surface area (Å²) in [6, 6.07) is 4.10. The van der Waals surface area contributed by atoms with E-state index in [1.165, 1.54) is 35.9 Å². The number of aromatic nitrogens is 1. The van der Waals surface area contributed by atoms with Gasteiger partial charge in [0.15, 0.2) is 5.57 Å². The number of hydrogen-bond acceptors (Lipinski definition) is 4. The maximum atomic E-state index is 12.0. The lowest BCUT2D eigenvalue weighted by Crippen LogP contribution is -2.08. The summed E-state index contributed by atoms with van der Waals surface area (Å²) in [4.78, 5) is 16.1. The van der Waals surface area contributed by atoms with E-state index < -0.39 is 5.97 Å². The second kappa shape index (κ2) is 7.37. The standard InChI is InChI=1S/C16H20N2O2S/c1-3-20-16(19)12(10-17)15(21-4-2)14-9-11-7-5-6-8-13(11)18-14/h9,18H,3-8H2,1-2H3/b15-12+. The van der Waals surface area contributed by atoms with Gasteiger partial charge in [0.1, 0.15) is 6.07 Å². The van der Waals surface area contributed by atoms with Crippen molar-refractivity contribution in [3.8, 4) is 6.07 Å². The van der Waals surface area contributed by atoms with Crippen LogP contribution in [0.3, 0.4) is 0 Å². The predicted octanol–water partition coefficient (Wildman–Crippen LogP) is 3.44. The van der Waals surface area contributed by atoms with E-state index in [1.54, 1.807) is 6.92 Å². The van der Waals surface area contributed by atoms with Gasteiger partial charge in [-0.1, -0.05) is 6.92 Å². The van der Waals surface area contributed by atoms with Gasteiger partial charge >= 0.3 is 5.97 Å². The van der Waals surface area contributed by atoms with Crippen molar-refractivity contribution in [2.24, 2.45) is 0 Å². The third-order valence-corrected chi connectivity index (χ3v) is 4.47. The molecule has 0 saturated heterocycles. The molecule has 1 aromatic heterocycles. The van der Waals surface area contributed by atoms with E-state index in [0.29, 0.717) is 4.91 Å². The van der Waals surface area contributed by atoms with Gasteiger partial charge < -0.3 is 9.72 Å². The molecule has 0 fully saturated rings. The van der Waals surface area contributed by atoms with Gasteiger partial charge in [0.05, 0.1) is 17.2 Å². The zero-order valence-corrected chi connectivity index (χ0v) is 13.3. The van der Waals surface area contributed by atoms with Crippen molar-refractivity contribution < 1.29 is 9.53 Å². The van der Waals surface area contributed by atoms with Crippen LogP contribution < -0.4 is 0 Å². The molecule has 1 aliphatic rings. The van der Waals surface area contributed by atoms with Crippen LogP contribution in [0.25, 0.3) is 4.91 Å². The van der Waals surface area contributed by atoms with E-state index in [0.717, 1.165) is 24.3 Å². The molecule has 4 nitrogen and oxygen atoms in total. The number of nitriles is 1. The summed E-state index contributed by atoms with van der Waals surface area (Å²) >= 11 is 1.50. The van der Waals surface area contributed by atoms with Crippen molar-refractivity contribution in [1.29, 1.82) is 5.26 Å². The summed E-state index contributed by atoms with van der Waals surface area (Å²) in [5.74, 6) is 0.257. The second-order valence-electron chi connectivity index (χ2n) is 4.86. The third-order valence-electron chi connectivity index (χ3n) is 3.47. The van der Waals surface area contributed by atoms with Crippen molar-refractivity contribution in [1.82, 2.24) is 4.98 Å². The van der Waals surface area contributed by atoms with Crippen molar-refractivity contribution in [2.75, 3.05) is 12.4 Å². The van der Waals surface area contributed by atoms with Crippen molar-refractivity contribution in [2.45, 2.75) is 39.5 Å². The monoisotopic (exact) mass is 304 g/mol. The highest BCUT2D eigenvalue weighted by Gasteiger charge is 2.21. The number of carbonyl (C=O) groups is 1. The van der Waals surface area contributed by atoms with Gasteiger partial charge in [-0.2, -0.15) is 5.26 Å². The van der Waals surface area contributed by atoms with Gasteiger partial charge in [0.25, 0.3) is 0 Å². The van der Waals surface area contributed by atoms with E-state index in [-0.39, 0.29) is 12.2 Å². The van der Waals surface area contributed by atoms with Crippen molar-refractivity contribution >= 4 is 22.6 Å². The number of ether oxygens (including phenoxy) is 1. The quantitative estimate of drug-likeness (QED) is 0.514. The minimum absolute atomic E-state index is 0.0993. The average Bonchev–Trinajstić information content (AvgIpc) is 2.91. The Morgan fingerprint density at radius 1 is 1.43 bits per heavy atom. The van der Waals surface area contributed by atoms with Crippen LogP contribution >= 0.6 is 11.8 Å². The Hall–Kier alpha value is -1.67. The molecule has 0 bridgehead atoms. The molecule has 1 aromatic rings. The number of rotatable bonds is 5. The van der Waals surface area contributed by atoms with Crippen molar-refractivity contribution in [3.63, 3.8) is 0 Å². The first-order valence-corrected chi connectivity index (χ1v) is 8.35. The van der Waals surface area contributed by atoms with Crippen LogP contribution in [0.2, 0.25) is 0 Å². The lowest BCUT2D eigenvalue weighted by molar-refractivity contribution is -0.137. The molecule has 21 heavy (non-hydrogen) atoms.